The van der Waals surface area contributed by atoms with Crippen LogP contribution in [0.2, 0.25) is 0 Å². The fraction of sp³-hybridized carbons (Fsp3) is 0.0667. The van der Waals surface area contributed by atoms with Crippen LogP contribution in [0.5, 0.6) is 0 Å². The number of rotatable bonds is 2. The van der Waals surface area contributed by atoms with E-state index in [1.807, 2.05) is 42.5 Å². The minimum atomic E-state index is -4.51. The average molecular weight is 288 g/mol. The molecule has 4 nitrogen and oxygen atoms in total. The van der Waals surface area contributed by atoms with Crippen molar-refractivity contribution in [1.29, 1.82) is 0 Å². The highest BCUT2D eigenvalue weighted by atomic mass is 31.2. The molecule has 20 heavy (non-hydrogen) atoms. The molecular weight excluding hydrogens is 275 g/mol. The summed E-state index contributed by atoms with van der Waals surface area (Å²) in [7, 11) is -4.51. The van der Waals surface area contributed by atoms with Crippen LogP contribution in [0.25, 0.3) is 11.6 Å². The first-order chi connectivity index (χ1) is 9.53. The van der Waals surface area contributed by atoms with Crippen LogP contribution >= 0.6 is 7.82 Å². The van der Waals surface area contributed by atoms with Crippen LogP contribution in [0.3, 0.4) is 0 Å². The minimum Gasteiger partial charge on any atom is -0.405 e. The van der Waals surface area contributed by atoms with Gasteiger partial charge in [0, 0.05) is 0 Å². The first-order valence-corrected chi connectivity index (χ1v) is 7.70. The highest BCUT2D eigenvalue weighted by molar-refractivity contribution is 7.46. The van der Waals surface area contributed by atoms with Gasteiger partial charge in [0.1, 0.15) is 5.76 Å². The topological polar surface area (TPSA) is 66.8 Å². The van der Waals surface area contributed by atoms with E-state index in [1.54, 1.807) is 12.2 Å². The van der Waals surface area contributed by atoms with Crippen LogP contribution in [-0.2, 0) is 9.09 Å². The van der Waals surface area contributed by atoms with Crippen molar-refractivity contribution in [1.82, 2.24) is 0 Å². The number of hydrogen-bond donors (Lipinski definition) is 2. The van der Waals surface area contributed by atoms with Gasteiger partial charge in [0.25, 0.3) is 0 Å². The van der Waals surface area contributed by atoms with Crippen molar-refractivity contribution in [3.8, 4) is 0 Å². The molecule has 0 fully saturated rings. The van der Waals surface area contributed by atoms with Gasteiger partial charge in [-0.05, 0) is 40.2 Å². The average Bonchev–Trinajstić information content (AvgIpc) is 2.55. The Morgan fingerprint density at radius 2 is 2.00 bits per heavy atom. The van der Waals surface area contributed by atoms with Crippen LogP contribution < -0.4 is 10.4 Å². The monoisotopic (exact) mass is 288 g/mol. The zero-order chi connectivity index (χ0) is 14.2. The lowest BCUT2D eigenvalue weighted by molar-refractivity contribution is 0.247. The summed E-state index contributed by atoms with van der Waals surface area (Å²) in [6.07, 6.45) is 9.79. The number of phosphoric ester groups is 1. The van der Waals surface area contributed by atoms with Crippen molar-refractivity contribution in [3.63, 3.8) is 0 Å². The maximum atomic E-state index is 10.9. The van der Waals surface area contributed by atoms with Crippen LogP contribution in [0.4, 0.5) is 0 Å². The predicted octanol–water partition coefficient (Wildman–Crippen LogP) is 1.51. The standard InChI is InChI=1S/C15H13O4P/c16-20(17,18)19-13-8-9-15-12(10-13)6-3-5-11-4-1-2-7-14(11)15/h1-8,10H,9H2,(H2,16,17,18). The number of phosphoric acid groups is 1. The Labute approximate surface area is 116 Å². The molecule has 1 aromatic rings. The maximum absolute atomic E-state index is 10.9. The van der Waals surface area contributed by atoms with Gasteiger partial charge >= 0.3 is 7.82 Å². The normalized spacial score (nSPS) is 17.2. The number of allylic oxidation sites excluding steroid dienone is 5. The second-order valence-electron chi connectivity index (χ2n) is 4.58. The summed E-state index contributed by atoms with van der Waals surface area (Å²) in [6, 6.07) is 8.05. The number of fused-ring (bicyclic) bond motifs is 2. The third-order valence-corrected chi connectivity index (χ3v) is 3.66. The summed E-state index contributed by atoms with van der Waals surface area (Å²) in [5.41, 5.74) is 2.04. The van der Waals surface area contributed by atoms with Gasteiger partial charge in [0.05, 0.1) is 0 Å². The molecule has 2 aliphatic rings. The van der Waals surface area contributed by atoms with Gasteiger partial charge in [-0.3, -0.25) is 9.79 Å². The van der Waals surface area contributed by atoms with Crippen molar-refractivity contribution in [3.05, 3.63) is 70.3 Å². The second kappa shape index (κ2) is 4.91. The zero-order valence-corrected chi connectivity index (χ0v) is 11.5. The molecule has 5 heteroatoms. The number of benzene rings is 1. The number of hydrogen-bond acceptors (Lipinski definition) is 2. The van der Waals surface area contributed by atoms with Crippen LogP contribution in [-0.4, -0.2) is 9.79 Å². The molecule has 0 heterocycles. The van der Waals surface area contributed by atoms with E-state index < -0.39 is 7.82 Å². The molecule has 2 N–H and O–H groups in total. The molecule has 2 aliphatic carbocycles. The van der Waals surface area contributed by atoms with Gasteiger partial charge in [-0.15, -0.1) is 0 Å². The fourth-order valence-corrected chi connectivity index (χ4v) is 2.81. The molecule has 0 amide bonds. The molecule has 0 radical (unpaired) electrons. The van der Waals surface area contributed by atoms with E-state index in [4.69, 9.17) is 9.79 Å². The van der Waals surface area contributed by atoms with E-state index in [-0.39, 0.29) is 5.76 Å². The van der Waals surface area contributed by atoms with Crippen molar-refractivity contribution in [2.45, 2.75) is 6.42 Å². The summed E-state index contributed by atoms with van der Waals surface area (Å²) in [5.74, 6) is 0.209. The highest BCUT2D eigenvalue weighted by Gasteiger charge is 2.20. The van der Waals surface area contributed by atoms with Crippen molar-refractivity contribution >= 4 is 19.5 Å². The molecular formula is C15H13O4P. The third-order valence-electron chi connectivity index (χ3n) is 3.22. The van der Waals surface area contributed by atoms with Crippen molar-refractivity contribution in [2.24, 2.45) is 0 Å². The van der Waals surface area contributed by atoms with Crippen LogP contribution in [0.1, 0.15) is 6.42 Å². The van der Waals surface area contributed by atoms with E-state index in [0.717, 1.165) is 21.6 Å². The van der Waals surface area contributed by atoms with E-state index in [0.29, 0.717) is 6.42 Å². The van der Waals surface area contributed by atoms with Gasteiger partial charge in [-0.25, -0.2) is 4.57 Å². The second-order valence-corrected chi connectivity index (χ2v) is 5.75. The largest absolute Gasteiger partial charge is 0.524 e. The van der Waals surface area contributed by atoms with Gasteiger partial charge in [-0.2, -0.15) is 0 Å². The zero-order valence-electron chi connectivity index (χ0n) is 10.6. The summed E-state index contributed by atoms with van der Waals surface area (Å²) in [4.78, 5) is 17.7. The lowest BCUT2D eigenvalue weighted by Crippen LogP contribution is -2.26. The van der Waals surface area contributed by atoms with Gasteiger partial charge < -0.3 is 4.52 Å². The molecule has 0 aliphatic heterocycles. The smallest absolute Gasteiger partial charge is 0.405 e. The van der Waals surface area contributed by atoms with Gasteiger partial charge in [0.2, 0.25) is 0 Å². The van der Waals surface area contributed by atoms with Crippen molar-refractivity contribution < 1.29 is 18.9 Å². The SMILES string of the molecule is O=P(O)(O)OC1=CCC2=c3ccccc3=CC=CC2=C1. The fourth-order valence-electron chi connectivity index (χ4n) is 2.41. The Bertz CT molecular complexity index is 809. The Kier molecular flexibility index (Phi) is 3.22. The van der Waals surface area contributed by atoms with E-state index >= 15 is 0 Å². The van der Waals surface area contributed by atoms with E-state index in [2.05, 4.69) is 4.52 Å². The van der Waals surface area contributed by atoms with E-state index in [1.165, 1.54) is 0 Å². The minimum absolute atomic E-state index is 0.209. The Morgan fingerprint density at radius 1 is 1.20 bits per heavy atom. The maximum Gasteiger partial charge on any atom is 0.524 e. The van der Waals surface area contributed by atoms with Gasteiger partial charge in [-0.1, -0.05) is 42.5 Å². The molecule has 102 valence electrons. The Morgan fingerprint density at radius 3 is 2.80 bits per heavy atom. The molecule has 0 spiro atoms. The van der Waals surface area contributed by atoms with E-state index in [9.17, 15) is 4.57 Å². The molecule has 0 aromatic heterocycles. The van der Waals surface area contributed by atoms with Crippen LogP contribution in [0.15, 0.2) is 59.9 Å². The molecule has 0 unspecified atom stereocenters. The van der Waals surface area contributed by atoms with Gasteiger partial charge in [0.15, 0.2) is 0 Å². The molecule has 3 rings (SSSR count). The highest BCUT2D eigenvalue weighted by Crippen LogP contribution is 2.41. The van der Waals surface area contributed by atoms with Crippen molar-refractivity contribution in [2.75, 3.05) is 0 Å². The summed E-state index contributed by atoms with van der Waals surface area (Å²) in [5, 5.41) is 2.27. The first kappa shape index (κ1) is 13.1. The lowest BCUT2D eigenvalue weighted by Gasteiger charge is -2.16. The summed E-state index contributed by atoms with van der Waals surface area (Å²) in [6.45, 7) is 0. The molecule has 0 bridgehead atoms. The van der Waals surface area contributed by atoms with Crippen LogP contribution in [0, 0.1) is 0 Å². The summed E-state index contributed by atoms with van der Waals surface area (Å²) >= 11 is 0. The third kappa shape index (κ3) is 2.68. The Balaban J connectivity index is 2.10. The molecule has 0 atom stereocenters. The Hall–Kier alpha value is -1.87. The lowest BCUT2D eigenvalue weighted by atomic mass is 9.95. The summed E-state index contributed by atoms with van der Waals surface area (Å²) < 4.78 is 15.5. The molecule has 1 aromatic carbocycles. The molecule has 0 saturated carbocycles. The quantitative estimate of drug-likeness (QED) is 0.810. The molecule has 0 saturated heterocycles. The first-order valence-electron chi connectivity index (χ1n) is 6.17. The predicted molar refractivity (Wildman–Crippen MR) is 76.6 cm³/mol.